The van der Waals surface area contributed by atoms with Crippen molar-refractivity contribution in [2.75, 3.05) is 32.2 Å². The van der Waals surface area contributed by atoms with E-state index < -0.39 is 17.5 Å². The van der Waals surface area contributed by atoms with E-state index >= 15 is 0 Å². The van der Waals surface area contributed by atoms with Crippen LogP contribution in [-0.2, 0) is 14.3 Å². The van der Waals surface area contributed by atoms with E-state index in [4.69, 9.17) is 9.47 Å². The fraction of sp³-hybridized carbons (Fsp3) is 0.556. The number of hydrogen-bond donors (Lipinski definition) is 1. The first kappa shape index (κ1) is 22.4. The van der Waals surface area contributed by atoms with Gasteiger partial charge >= 0.3 is 5.97 Å². The number of nitrogens with zero attached hydrogens (tertiary/aromatic N) is 2. The number of rotatable bonds is 10. The molecule has 150 valence electrons. The Balaban J connectivity index is 2.94. The summed E-state index contributed by atoms with van der Waals surface area (Å²) in [6, 6.07) is 3.77. The number of nitrogens with one attached hydrogen (secondary N) is 1. The predicted octanol–water partition coefficient (Wildman–Crippen LogP) is 2.46. The second-order valence-electron chi connectivity index (χ2n) is 6.47. The normalized spacial score (nSPS) is 10.8. The van der Waals surface area contributed by atoms with E-state index in [9.17, 15) is 19.7 Å². The molecule has 9 nitrogen and oxygen atoms in total. The van der Waals surface area contributed by atoms with Crippen LogP contribution in [0.5, 0.6) is 0 Å². The Morgan fingerprint density at radius 2 is 1.85 bits per heavy atom. The largest absolute Gasteiger partial charge is 0.452 e. The summed E-state index contributed by atoms with van der Waals surface area (Å²) < 4.78 is 10.1. The van der Waals surface area contributed by atoms with Crippen LogP contribution in [0.2, 0.25) is 0 Å². The summed E-state index contributed by atoms with van der Waals surface area (Å²) in [7, 11) is 1.54. The average Bonchev–Trinajstić information content (AvgIpc) is 2.59. The topological polar surface area (TPSA) is 111 Å². The summed E-state index contributed by atoms with van der Waals surface area (Å²) in [4.78, 5) is 36.8. The Kier molecular flexibility index (Phi) is 8.67. The van der Waals surface area contributed by atoms with Crippen LogP contribution in [0, 0.1) is 10.1 Å². The first-order valence-electron chi connectivity index (χ1n) is 8.68. The fourth-order valence-electron chi connectivity index (χ4n) is 2.71. The minimum atomic E-state index is -0.806. The highest BCUT2D eigenvalue weighted by molar-refractivity contribution is 5.97. The number of non-ortho nitro benzene ring substituents is 1. The molecule has 1 aromatic carbocycles. The van der Waals surface area contributed by atoms with Crippen LogP contribution in [0.25, 0.3) is 0 Å². The fourth-order valence-corrected chi connectivity index (χ4v) is 2.71. The lowest BCUT2D eigenvalue weighted by atomic mass is 10.1. The molecular weight excluding hydrogens is 354 g/mol. The number of nitro benzene ring substituents is 1. The summed E-state index contributed by atoms with van der Waals surface area (Å²) >= 11 is 0. The Labute approximate surface area is 158 Å². The van der Waals surface area contributed by atoms with Crippen molar-refractivity contribution in [3.63, 3.8) is 0 Å². The first-order valence-corrected chi connectivity index (χ1v) is 8.68. The van der Waals surface area contributed by atoms with Gasteiger partial charge in [-0.1, -0.05) is 0 Å². The smallest absolute Gasteiger partial charge is 0.341 e. The summed E-state index contributed by atoms with van der Waals surface area (Å²) in [6.07, 6.45) is 0. The second-order valence-corrected chi connectivity index (χ2v) is 6.47. The van der Waals surface area contributed by atoms with Crippen molar-refractivity contribution in [3.05, 3.63) is 33.9 Å². The lowest BCUT2D eigenvalue weighted by Gasteiger charge is -2.30. The van der Waals surface area contributed by atoms with Crippen molar-refractivity contribution in [3.8, 4) is 0 Å². The van der Waals surface area contributed by atoms with Crippen LogP contribution in [0.1, 0.15) is 38.1 Å². The maximum absolute atomic E-state index is 12.5. The maximum Gasteiger partial charge on any atom is 0.341 e. The predicted molar refractivity (Wildman–Crippen MR) is 101 cm³/mol. The van der Waals surface area contributed by atoms with Crippen molar-refractivity contribution in [1.82, 2.24) is 4.90 Å². The molecule has 0 radical (unpaired) electrons. The molecule has 0 atom stereocenters. The molecule has 0 unspecified atom stereocenters. The third-order valence-corrected chi connectivity index (χ3v) is 3.78. The van der Waals surface area contributed by atoms with Crippen molar-refractivity contribution < 1.29 is 24.0 Å². The molecule has 0 spiro atoms. The molecule has 0 saturated heterocycles. The van der Waals surface area contributed by atoms with Gasteiger partial charge in [0, 0.05) is 43.6 Å². The number of carbonyl (C=O) groups is 2. The zero-order valence-electron chi connectivity index (χ0n) is 16.4. The number of methoxy groups -OCH3 is 1. The van der Waals surface area contributed by atoms with E-state index in [0.717, 1.165) is 6.07 Å². The monoisotopic (exact) mass is 381 g/mol. The van der Waals surface area contributed by atoms with Crippen LogP contribution in [0.3, 0.4) is 0 Å². The number of carbonyl (C=O) groups excluding carboxylic acids is 2. The number of nitro groups is 1. The Bertz CT molecular complexity index is 667. The SMILES string of the molecule is COCCNc1ccc([N+](=O)[O-])cc1C(=O)OCC(=O)N(C(C)C)C(C)C. The summed E-state index contributed by atoms with van der Waals surface area (Å²) in [5, 5.41) is 14.0. The van der Waals surface area contributed by atoms with Crippen molar-refractivity contribution in [2.24, 2.45) is 0 Å². The van der Waals surface area contributed by atoms with Gasteiger partial charge in [-0.2, -0.15) is 0 Å². The van der Waals surface area contributed by atoms with Gasteiger partial charge in [0.25, 0.3) is 11.6 Å². The van der Waals surface area contributed by atoms with E-state index in [1.807, 2.05) is 27.7 Å². The highest BCUT2D eigenvalue weighted by atomic mass is 16.6. The zero-order valence-corrected chi connectivity index (χ0v) is 16.4. The van der Waals surface area contributed by atoms with Crippen molar-refractivity contribution in [2.45, 2.75) is 39.8 Å². The van der Waals surface area contributed by atoms with Crippen molar-refractivity contribution in [1.29, 1.82) is 0 Å². The molecule has 0 aliphatic rings. The number of amides is 1. The Hall–Kier alpha value is -2.68. The first-order chi connectivity index (χ1) is 12.7. The van der Waals surface area contributed by atoms with Gasteiger partial charge in [0.05, 0.1) is 17.1 Å². The molecule has 1 amide bonds. The molecule has 1 aromatic rings. The molecule has 9 heteroatoms. The van der Waals surface area contributed by atoms with Gasteiger partial charge in [-0.15, -0.1) is 0 Å². The van der Waals surface area contributed by atoms with Gasteiger partial charge in [0.2, 0.25) is 0 Å². The lowest BCUT2D eigenvalue weighted by molar-refractivity contribution is -0.384. The maximum atomic E-state index is 12.5. The van der Waals surface area contributed by atoms with Crippen LogP contribution >= 0.6 is 0 Å². The number of esters is 1. The lowest BCUT2D eigenvalue weighted by Crippen LogP contribution is -2.44. The molecule has 0 saturated carbocycles. The highest BCUT2D eigenvalue weighted by Gasteiger charge is 2.23. The van der Waals surface area contributed by atoms with E-state index in [1.54, 1.807) is 4.90 Å². The molecule has 0 bridgehead atoms. The van der Waals surface area contributed by atoms with Gasteiger partial charge in [0.1, 0.15) is 0 Å². The van der Waals surface area contributed by atoms with Gasteiger partial charge < -0.3 is 19.7 Å². The molecule has 0 aliphatic carbocycles. The molecule has 27 heavy (non-hydrogen) atoms. The minimum absolute atomic E-state index is 0.00579. The molecule has 0 fully saturated rings. The van der Waals surface area contributed by atoms with Gasteiger partial charge in [0.15, 0.2) is 6.61 Å². The van der Waals surface area contributed by atoms with E-state index in [0.29, 0.717) is 18.8 Å². The third-order valence-electron chi connectivity index (χ3n) is 3.78. The quantitative estimate of drug-likeness (QED) is 0.287. The molecular formula is C18H27N3O6. The number of hydrogen-bond acceptors (Lipinski definition) is 7. The van der Waals surface area contributed by atoms with Crippen LogP contribution in [-0.4, -0.2) is 60.7 Å². The van der Waals surface area contributed by atoms with Crippen LogP contribution in [0.15, 0.2) is 18.2 Å². The molecule has 0 heterocycles. The van der Waals surface area contributed by atoms with E-state index in [-0.39, 0.29) is 29.2 Å². The highest BCUT2D eigenvalue weighted by Crippen LogP contribution is 2.23. The molecule has 0 aromatic heterocycles. The van der Waals surface area contributed by atoms with E-state index in [1.165, 1.54) is 19.2 Å². The van der Waals surface area contributed by atoms with Crippen LogP contribution in [0.4, 0.5) is 11.4 Å². The average molecular weight is 381 g/mol. The number of anilines is 1. The van der Waals surface area contributed by atoms with Gasteiger partial charge in [-0.05, 0) is 33.8 Å². The summed E-state index contributed by atoms with van der Waals surface area (Å²) in [5.74, 6) is -1.13. The molecule has 1 rings (SSSR count). The minimum Gasteiger partial charge on any atom is -0.452 e. The van der Waals surface area contributed by atoms with Crippen molar-refractivity contribution >= 4 is 23.3 Å². The van der Waals surface area contributed by atoms with Gasteiger partial charge in [-0.3, -0.25) is 14.9 Å². The van der Waals surface area contributed by atoms with Gasteiger partial charge in [-0.25, -0.2) is 4.79 Å². The molecule has 1 N–H and O–H groups in total. The second kappa shape index (κ2) is 10.5. The standard InChI is InChI=1S/C18H27N3O6/c1-12(2)20(13(3)4)17(22)11-27-18(23)15-10-14(21(24)25)6-7-16(15)19-8-9-26-5/h6-7,10,12-13,19H,8-9,11H2,1-5H3. The Morgan fingerprint density at radius 1 is 1.22 bits per heavy atom. The number of ether oxygens (including phenoxy) is 2. The summed E-state index contributed by atoms with van der Waals surface area (Å²) in [5.41, 5.74) is 0.130. The third kappa shape index (κ3) is 6.52. The zero-order chi connectivity index (χ0) is 20.6. The molecule has 0 aliphatic heterocycles. The van der Waals surface area contributed by atoms with E-state index in [2.05, 4.69) is 5.32 Å². The van der Waals surface area contributed by atoms with Crippen LogP contribution < -0.4 is 5.32 Å². The number of benzene rings is 1. The Morgan fingerprint density at radius 3 is 2.37 bits per heavy atom. The summed E-state index contributed by atoms with van der Waals surface area (Å²) in [6.45, 7) is 7.85.